The van der Waals surface area contributed by atoms with E-state index in [1.807, 2.05) is 0 Å². The monoisotopic (exact) mass is 391 g/mol. The van der Waals surface area contributed by atoms with E-state index >= 15 is 0 Å². The average molecular weight is 392 g/mol. The number of benzene rings is 1. The summed E-state index contributed by atoms with van der Waals surface area (Å²) < 4.78 is 10.7. The lowest BCUT2D eigenvalue weighted by Gasteiger charge is -2.13. The lowest BCUT2D eigenvalue weighted by atomic mass is 10.2. The van der Waals surface area contributed by atoms with Crippen LogP contribution in [0.3, 0.4) is 0 Å². The zero-order valence-electron chi connectivity index (χ0n) is 13.9. The Balaban J connectivity index is 0.00000312. The Bertz CT molecular complexity index is 601. The minimum absolute atomic E-state index is 0. The zero-order chi connectivity index (χ0) is 17.5. The van der Waals surface area contributed by atoms with Crippen LogP contribution in [0.4, 0.5) is 5.69 Å². The van der Waals surface area contributed by atoms with Crippen molar-refractivity contribution in [2.24, 2.45) is 5.73 Å². The summed E-state index contributed by atoms with van der Waals surface area (Å²) in [5.41, 5.74) is 6.01. The van der Waals surface area contributed by atoms with Gasteiger partial charge in [0.15, 0.2) is 0 Å². The number of carbonyl (C=O) groups excluding carboxylic acids is 2. The van der Waals surface area contributed by atoms with Crippen molar-refractivity contribution in [3.05, 3.63) is 23.2 Å². The number of nitrogens with one attached hydrogen (secondary N) is 2. The summed E-state index contributed by atoms with van der Waals surface area (Å²) in [6.45, 7) is 0.633. The number of hydrogen-bond donors (Lipinski definition) is 3. The third-order valence-electron chi connectivity index (χ3n) is 3.75. The van der Waals surface area contributed by atoms with Gasteiger partial charge in [-0.05, 0) is 31.0 Å². The first-order valence-electron chi connectivity index (χ1n) is 7.80. The van der Waals surface area contributed by atoms with Crippen molar-refractivity contribution >= 4 is 41.5 Å². The average Bonchev–Trinajstić information content (AvgIpc) is 3.04. The Morgan fingerprint density at radius 2 is 2.16 bits per heavy atom. The summed E-state index contributed by atoms with van der Waals surface area (Å²) in [5.74, 6) is 0.0612. The molecule has 1 saturated heterocycles. The van der Waals surface area contributed by atoms with Crippen molar-refractivity contribution in [3.63, 3.8) is 0 Å². The molecule has 1 heterocycles. The molecule has 0 spiro atoms. The number of methoxy groups -OCH3 is 1. The maximum atomic E-state index is 12.0. The molecular weight excluding hydrogens is 369 g/mol. The van der Waals surface area contributed by atoms with Crippen LogP contribution in [0.5, 0.6) is 5.75 Å². The van der Waals surface area contributed by atoms with Gasteiger partial charge in [0.25, 0.3) is 0 Å². The van der Waals surface area contributed by atoms with Crippen LogP contribution in [-0.2, 0) is 14.3 Å². The lowest BCUT2D eigenvalue weighted by molar-refractivity contribution is -0.131. The number of nitrogens with two attached hydrogens (primary N) is 1. The Morgan fingerprint density at radius 1 is 1.40 bits per heavy atom. The highest BCUT2D eigenvalue weighted by atomic mass is 35.5. The second kappa shape index (κ2) is 10.5. The lowest BCUT2D eigenvalue weighted by Crippen LogP contribution is -2.37. The van der Waals surface area contributed by atoms with E-state index in [0.717, 1.165) is 6.42 Å². The van der Waals surface area contributed by atoms with Gasteiger partial charge < -0.3 is 25.8 Å². The predicted octanol–water partition coefficient (Wildman–Crippen LogP) is 1.72. The highest BCUT2D eigenvalue weighted by molar-refractivity contribution is 6.31. The minimum Gasteiger partial charge on any atom is -0.495 e. The number of ether oxygens (including phenoxy) is 2. The molecule has 0 radical (unpaired) electrons. The van der Waals surface area contributed by atoms with E-state index in [1.165, 1.54) is 7.11 Å². The molecule has 9 heteroatoms. The Hall–Kier alpha value is -1.54. The summed E-state index contributed by atoms with van der Waals surface area (Å²) in [6.07, 6.45) is 1.03. The SMILES string of the molecule is COc1ccc(Cl)cc1NC(=O)CCNC(=O)[C@@H]1CC[C@H](CN)O1.Cl. The van der Waals surface area contributed by atoms with Gasteiger partial charge in [0.05, 0.1) is 18.9 Å². The van der Waals surface area contributed by atoms with Crippen LogP contribution in [0.2, 0.25) is 5.02 Å². The number of anilines is 1. The molecule has 0 aliphatic carbocycles. The summed E-state index contributed by atoms with van der Waals surface area (Å²) in [5, 5.41) is 5.91. The maximum Gasteiger partial charge on any atom is 0.249 e. The molecule has 1 aromatic carbocycles. The van der Waals surface area contributed by atoms with Crippen LogP contribution in [0, 0.1) is 0 Å². The molecule has 0 aromatic heterocycles. The van der Waals surface area contributed by atoms with E-state index < -0.39 is 6.10 Å². The number of amides is 2. The van der Waals surface area contributed by atoms with Gasteiger partial charge in [0.2, 0.25) is 11.8 Å². The molecule has 2 amide bonds. The maximum absolute atomic E-state index is 12.0. The number of rotatable bonds is 7. The molecule has 7 nitrogen and oxygen atoms in total. The van der Waals surface area contributed by atoms with Crippen LogP contribution >= 0.6 is 24.0 Å². The molecule has 25 heavy (non-hydrogen) atoms. The highest BCUT2D eigenvalue weighted by Crippen LogP contribution is 2.27. The van der Waals surface area contributed by atoms with Crippen LogP contribution in [0.15, 0.2) is 18.2 Å². The smallest absolute Gasteiger partial charge is 0.249 e. The van der Waals surface area contributed by atoms with Crippen molar-refractivity contribution in [1.82, 2.24) is 5.32 Å². The highest BCUT2D eigenvalue weighted by Gasteiger charge is 2.29. The van der Waals surface area contributed by atoms with Crippen molar-refractivity contribution in [1.29, 1.82) is 0 Å². The van der Waals surface area contributed by atoms with Crippen LogP contribution in [0.1, 0.15) is 19.3 Å². The Labute approximate surface area is 158 Å². The fourth-order valence-electron chi connectivity index (χ4n) is 2.48. The summed E-state index contributed by atoms with van der Waals surface area (Å²) in [6, 6.07) is 4.95. The summed E-state index contributed by atoms with van der Waals surface area (Å²) in [4.78, 5) is 23.9. The van der Waals surface area contributed by atoms with Gasteiger partial charge in [-0.2, -0.15) is 0 Å². The molecule has 1 aliphatic heterocycles. The minimum atomic E-state index is -0.477. The quantitative estimate of drug-likeness (QED) is 0.656. The van der Waals surface area contributed by atoms with Gasteiger partial charge in [0.1, 0.15) is 11.9 Å². The van der Waals surface area contributed by atoms with E-state index in [2.05, 4.69) is 10.6 Å². The van der Waals surface area contributed by atoms with Crippen molar-refractivity contribution in [2.45, 2.75) is 31.5 Å². The molecule has 0 bridgehead atoms. The molecule has 2 atom stereocenters. The van der Waals surface area contributed by atoms with Crippen molar-refractivity contribution < 1.29 is 19.1 Å². The van der Waals surface area contributed by atoms with Crippen LogP contribution < -0.4 is 21.1 Å². The molecule has 1 fully saturated rings. The predicted molar refractivity (Wildman–Crippen MR) is 98.5 cm³/mol. The molecule has 1 aliphatic rings. The summed E-state index contributed by atoms with van der Waals surface area (Å²) in [7, 11) is 1.51. The third-order valence-corrected chi connectivity index (χ3v) is 3.98. The normalized spacial score (nSPS) is 19.0. The van der Waals surface area contributed by atoms with Crippen LogP contribution in [-0.4, -0.2) is 44.2 Å². The third kappa shape index (κ3) is 6.36. The number of carbonyl (C=O) groups is 2. The molecule has 1 aromatic rings. The molecular formula is C16H23Cl2N3O4. The van der Waals surface area contributed by atoms with E-state index in [1.54, 1.807) is 18.2 Å². The summed E-state index contributed by atoms with van der Waals surface area (Å²) >= 11 is 5.91. The fraction of sp³-hybridized carbons (Fsp3) is 0.500. The van der Waals surface area contributed by atoms with Gasteiger partial charge in [0, 0.05) is 24.5 Å². The molecule has 0 saturated carbocycles. The van der Waals surface area contributed by atoms with Gasteiger partial charge in [-0.1, -0.05) is 11.6 Å². The van der Waals surface area contributed by atoms with E-state index in [0.29, 0.717) is 29.4 Å². The molecule has 140 valence electrons. The van der Waals surface area contributed by atoms with Gasteiger partial charge >= 0.3 is 0 Å². The zero-order valence-corrected chi connectivity index (χ0v) is 15.5. The van der Waals surface area contributed by atoms with E-state index in [-0.39, 0.29) is 43.3 Å². The molecule has 0 unspecified atom stereocenters. The topological polar surface area (TPSA) is 103 Å². The van der Waals surface area contributed by atoms with Crippen molar-refractivity contribution in [2.75, 3.05) is 25.5 Å². The van der Waals surface area contributed by atoms with E-state index in [9.17, 15) is 9.59 Å². The fourth-order valence-corrected chi connectivity index (χ4v) is 2.65. The first-order chi connectivity index (χ1) is 11.5. The van der Waals surface area contributed by atoms with Gasteiger partial charge in [-0.15, -0.1) is 12.4 Å². The molecule has 2 rings (SSSR count). The molecule has 4 N–H and O–H groups in total. The largest absolute Gasteiger partial charge is 0.495 e. The Morgan fingerprint density at radius 3 is 2.80 bits per heavy atom. The van der Waals surface area contributed by atoms with Crippen LogP contribution in [0.25, 0.3) is 0 Å². The Kier molecular flexibility index (Phi) is 8.99. The number of hydrogen-bond acceptors (Lipinski definition) is 5. The van der Waals surface area contributed by atoms with E-state index in [4.69, 9.17) is 26.8 Å². The number of halogens is 2. The van der Waals surface area contributed by atoms with Gasteiger partial charge in [-0.25, -0.2) is 0 Å². The standard InChI is InChI=1S/C16H22ClN3O4.ClH/c1-23-13-4-2-10(17)8-12(13)20-15(21)6-7-19-16(22)14-5-3-11(9-18)24-14;/h2,4,8,11,14H,3,5-7,9,18H2,1H3,(H,19,22)(H,20,21);1H/t11-,14+;/m1./s1. The second-order valence-corrected chi connectivity index (χ2v) is 5.93. The first kappa shape index (κ1) is 21.5. The van der Waals surface area contributed by atoms with Crippen molar-refractivity contribution in [3.8, 4) is 5.75 Å². The first-order valence-corrected chi connectivity index (χ1v) is 8.18. The second-order valence-electron chi connectivity index (χ2n) is 5.49. The van der Waals surface area contributed by atoms with Gasteiger partial charge in [-0.3, -0.25) is 9.59 Å².